The van der Waals surface area contributed by atoms with Gasteiger partial charge < -0.3 is 20.1 Å². The van der Waals surface area contributed by atoms with Gasteiger partial charge in [0.1, 0.15) is 5.54 Å². The second-order valence-electron chi connectivity index (χ2n) is 4.87. The lowest BCUT2D eigenvalue weighted by Crippen LogP contribution is -2.51. The first-order valence-corrected chi connectivity index (χ1v) is 7.27. The second kappa shape index (κ2) is 10.2. The molecule has 0 amide bonds. The molecule has 19 heavy (non-hydrogen) atoms. The molecule has 0 radical (unpaired) electrons. The topological polar surface area (TPSA) is 61.8 Å². The van der Waals surface area contributed by atoms with Crippen molar-refractivity contribution in [3.8, 4) is 0 Å². The van der Waals surface area contributed by atoms with Crippen molar-refractivity contribution < 1.29 is 14.6 Å². The van der Waals surface area contributed by atoms with Crippen LogP contribution < -0.4 is 5.32 Å². The molecule has 0 bridgehead atoms. The van der Waals surface area contributed by atoms with Crippen LogP contribution in [0.2, 0.25) is 0 Å². The van der Waals surface area contributed by atoms with Gasteiger partial charge in [-0.05, 0) is 46.3 Å². The molecule has 0 aromatic heterocycles. The Morgan fingerprint density at radius 2 is 2.00 bits per heavy atom. The zero-order chi connectivity index (χ0) is 14.7. The van der Waals surface area contributed by atoms with Crippen LogP contribution in [-0.2, 0) is 9.53 Å². The van der Waals surface area contributed by atoms with Gasteiger partial charge in [-0.15, -0.1) is 0 Å². The van der Waals surface area contributed by atoms with E-state index < -0.39 is 11.5 Å². The number of carboxylic acids is 1. The molecule has 1 unspecified atom stereocenters. The molecular formula is C14H30N2O3. The average Bonchev–Trinajstić information content (AvgIpc) is 2.37. The Morgan fingerprint density at radius 3 is 2.47 bits per heavy atom. The molecule has 0 saturated carbocycles. The van der Waals surface area contributed by atoms with Crippen LogP contribution in [0.25, 0.3) is 0 Å². The number of ether oxygens (including phenoxy) is 1. The van der Waals surface area contributed by atoms with E-state index in [0.29, 0.717) is 19.4 Å². The van der Waals surface area contributed by atoms with Crippen molar-refractivity contribution in [2.24, 2.45) is 0 Å². The first-order chi connectivity index (χ1) is 9.02. The van der Waals surface area contributed by atoms with Gasteiger partial charge in [0.05, 0.1) is 6.61 Å². The van der Waals surface area contributed by atoms with E-state index in [-0.39, 0.29) is 0 Å². The number of likely N-dealkylation sites (N-methyl/N-ethyl adjacent to an activating group) is 2. The van der Waals surface area contributed by atoms with Gasteiger partial charge >= 0.3 is 5.97 Å². The van der Waals surface area contributed by atoms with E-state index in [1.54, 1.807) is 0 Å². The summed E-state index contributed by atoms with van der Waals surface area (Å²) < 4.78 is 5.30. The summed E-state index contributed by atoms with van der Waals surface area (Å²) in [6.07, 6.45) is 2.14. The number of hydrogen-bond acceptors (Lipinski definition) is 4. The van der Waals surface area contributed by atoms with E-state index in [2.05, 4.69) is 10.2 Å². The summed E-state index contributed by atoms with van der Waals surface area (Å²) in [5.41, 5.74) is -0.768. The molecule has 1 atom stereocenters. The summed E-state index contributed by atoms with van der Waals surface area (Å²) in [5.74, 6) is -0.742. The fourth-order valence-electron chi connectivity index (χ4n) is 2.19. The van der Waals surface area contributed by atoms with Gasteiger partial charge in [-0.3, -0.25) is 4.79 Å². The number of nitrogens with one attached hydrogen (secondary N) is 1. The minimum Gasteiger partial charge on any atom is -0.480 e. The molecule has 0 rings (SSSR count). The fraction of sp³-hybridized carbons (Fsp3) is 0.929. The lowest BCUT2D eigenvalue weighted by Gasteiger charge is -2.30. The molecule has 114 valence electrons. The number of carbonyl (C=O) groups is 1. The van der Waals surface area contributed by atoms with Crippen molar-refractivity contribution in [2.45, 2.75) is 45.6 Å². The van der Waals surface area contributed by atoms with Crippen LogP contribution in [0.1, 0.15) is 40.0 Å². The maximum Gasteiger partial charge on any atom is 0.323 e. The van der Waals surface area contributed by atoms with E-state index in [4.69, 9.17) is 4.74 Å². The van der Waals surface area contributed by atoms with Crippen LogP contribution in [0.5, 0.6) is 0 Å². The third-order valence-corrected chi connectivity index (χ3v) is 3.49. The zero-order valence-corrected chi connectivity index (χ0v) is 12.9. The zero-order valence-electron chi connectivity index (χ0n) is 12.9. The van der Waals surface area contributed by atoms with E-state index in [1.165, 1.54) is 0 Å². The molecule has 0 aliphatic heterocycles. The summed E-state index contributed by atoms with van der Waals surface area (Å²) in [6.45, 7) is 9.80. The monoisotopic (exact) mass is 274 g/mol. The minimum absolute atomic E-state index is 0.610. The lowest BCUT2D eigenvalue weighted by molar-refractivity contribution is -0.145. The molecule has 0 aromatic carbocycles. The summed E-state index contributed by atoms with van der Waals surface area (Å²) in [5, 5.41) is 12.5. The fourth-order valence-corrected chi connectivity index (χ4v) is 2.19. The van der Waals surface area contributed by atoms with E-state index in [0.717, 1.165) is 32.7 Å². The standard InChI is InChI=1S/C14H30N2O3/c1-5-14(13(17)18,15-6-2)9-8-10-16(4)11-12-19-7-3/h15H,5-12H2,1-4H3,(H,17,18). The van der Waals surface area contributed by atoms with E-state index in [9.17, 15) is 9.90 Å². The van der Waals surface area contributed by atoms with Crippen LogP contribution in [0, 0.1) is 0 Å². The minimum atomic E-state index is -0.768. The highest BCUT2D eigenvalue weighted by Gasteiger charge is 2.34. The van der Waals surface area contributed by atoms with Gasteiger partial charge in [0.25, 0.3) is 0 Å². The Hall–Kier alpha value is -0.650. The first-order valence-electron chi connectivity index (χ1n) is 7.27. The largest absolute Gasteiger partial charge is 0.480 e. The van der Waals surface area contributed by atoms with Crippen molar-refractivity contribution in [2.75, 3.05) is 39.9 Å². The number of carboxylic acid groups (broad SMARTS) is 1. The predicted molar refractivity (Wildman–Crippen MR) is 77.6 cm³/mol. The van der Waals surface area contributed by atoms with E-state index >= 15 is 0 Å². The van der Waals surface area contributed by atoms with Crippen molar-refractivity contribution in [3.05, 3.63) is 0 Å². The Morgan fingerprint density at radius 1 is 1.32 bits per heavy atom. The number of hydrogen-bond donors (Lipinski definition) is 2. The summed E-state index contributed by atoms with van der Waals surface area (Å²) in [7, 11) is 2.04. The van der Waals surface area contributed by atoms with Crippen LogP contribution in [0.4, 0.5) is 0 Å². The molecule has 5 heteroatoms. The van der Waals surface area contributed by atoms with Crippen LogP contribution in [-0.4, -0.2) is 61.4 Å². The van der Waals surface area contributed by atoms with Crippen molar-refractivity contribution in [1.29, 1.82) is 0 Å². The summed E-state index contributed by atoms with van der Waals surface area (Å²) in [6, 6.07) is 0. The number of aliphatic carboxylic acids is 1. The third-order valence-electron chi connectivity index (χ3n) is 3.49. The normalized spacial score (nSPS) is 14.6. The van der Waals surface area contributed by atoms with Crippen LogP contribution in [0.15, 0.2) is 0 Å². The molecule has 0 aliphatic rings. The van der Waals surface area contributed by atoms with Crippen molar-refractivity contribution in [3.63, 3.8) is 0 Å². The Kier molecular flexibility index (Phi) is 9.83. The Bertz CT molecular complexity index is 249. The first kappa shape index (κ1) is 18.4. The van der Waals surface area contributed by atoms with Crippen LogP contribution in [0.3, 0.4) is 0 Å². The van der Waals surface area contributed by atoms with Crippen LogP contribution >= 0.6 is 0 Å². The highest BCUT2D eigenvalue weighted by molar-refractivity contribution is 5.78. The Labute approximate surface area is 117 Å². The van der Waals surface area contributed by atoms with Gasteiger partial charge in [0.2, 0.25) is 0 Å². The molecule has 2 N–H and O–H groups in total. The maximum absolute atomic E-state index is 11.4. The highest BCUT2D eigenvalue weighted by atomic mass is 16.5. The molecule has 0 aromatic rings. The highest BCUT2D eigenvalue weighted by Crippen LogP contribution is 2.18. The van der Waals surface area contributed by atoms with Gasteiger partial charge in [-0.2, -0.15) is 0 Å². The molecule has 0 spiro atoms. The molecule has 0 heterocycles. The maximum atomic E-state index is 11.4. The van der Waals surface area contributed by atoms with Gasteiger partial charge in [0.15, 0.2) is 0 Å². The number of rotatable bonds is 12. The molecule has 5 nitrogen and oxygen atoms in total. The van der Waals surface area contributed by atoms with Gasteiger partial charge in [0, 0.05) is 13.2 Å². The summed E-state index contributed by atoms with van der Waals surface area (Å²) >= 11 is 0. The summed E-state index contributed by atoms with van der Waals surface area (Å²) in [4.78, 5) is 13.6. The molecule has 0 aliphatic carbocycles. The van der Waals surface area contributed by atoms with Gasteiger partial charge in [-0.1, -0.05) is 13.8 Å². The third kappa shape index (κ3) is 6.89. The quantitative estimate of drug-likeness (QED) is 0.529. The van der Waals surface area contributed by atoms with Crippen molar-refractivity contribution >= 4 is 5.97 Å². The lowest BCUT2D eigenvalue weighted by atomic mass is 9.90. The SMILES string of the molecule is CCNC(CC)(CCCN(C)CCOCC)C(=O)O. The number of nitrogens with zero attached hydrogens (tertiary/aromatic N) is 1. The van der Waals surface area contributed by atoms with Gasteiger partial charge in [-0.25, -0.2) is 0 Å². The second-order valence-corrected chi connectivity index (χ2v) is 4.87. The predicted octanol–water partition coefficient (Wildman–Crippen LogP) is 1.58. The van der Waals surface area contributed by atoms with E-state index in [1.807, 2.05) is 27.8 Å². The molecule has 0 saturated heterocycles. The Balaban J connectivity index is 4.08. The molecule has 0 fully saturated rings. The average molecular weight is 274 g/mol. The smallest absolute Gasteiger partial charge is 0.323 e. The molecular weight excluding hydrogens is 244 g/mol. The van der Waals surface area contributed by atoms with Crippen molar-refractivity contribution in [1.82, 2.24) is 10.2 Å².